The first-order valence-electron chi connectivity index (χ1n) is 10.4. The lowest BCUT2D eigenvalue weighted by atomic mass is 10.0. The summed E-state index contributed by atoms with van der Waals surface area (Å²) in [5.41, 5.74) is 5.20. The Hall–Kier alpha value is -3.75. The zero-order valence-corrected chi connectivity index (χ0v) is 19.8. The van der Waals surface area contributed by atoms with E-state index in [-0.39, 0.29) is 12.2 Å². The van der Waals surface area contributed by atoms with E-state index in [1.165, 1.54) is 13.2 Å². The summed E-state index contributed by atoms with van der Waals surface area (Å²) < 4.78 is 11.3. The number of nitrogens with zero attached hydrogens (tertiary/aromatic N) is 1. The van der Waals surface area contributed by atoms with Crippen molar-refractivity contribution < 1.29 is 14.3 Å². The lowest BCUT2D eigenvalue weighted by molar-refractivity contribution is -0.112. The first kappa shape index (κ1) is 23.9. The number of carbonyl (C=O) groups is 1. The minimum Gasteiger partial charge on any atom is -0.493 e. The highest BCUT2D eigenvalue weighted by Crippen LogP contribution is 2.30. The van der Waals surface area contributed by atoms with Gasteiger partial charge in [-0.25, -0.2) is 0 Å². The first-order chi connectivity index (χ1) is 15.8. The molecule has 0 saturated carbocycles. The van der Waals surface area contributed by atoms with Crippen LogP contribution in [-0.2, 0) is 11.4 Å². The van der Waals surface area contributed by atoms with E-state index in [0.717, 1.165) is 22.3 Å². The van der Waals surface area contributed by atoms with Crippen molar-refractivity contribution in [3.05, 3.63) is 93.0 Å². The Labute approximate surface area is 199 Å². The van der Waals surface area contributed by atoms with Crippen LogP contribution < -0.4 is 14.8 Å². The molecule has 33 heavy (non-hydrogen) atoms. The highest BCUT2D eigenvalue weighted by molar-refractivity contribution is 6.31. The minimum absolute atomic E-state index is 0.0128. The van der Waals surface area contributed by atoms with Crippen LogP contribution in [-0.4, -0.2) is 13.0 Å². The van der Waals surface area contributed by atoms with Crippen LogP contribution in [0.3, 0.4) is 0 Å². The number of hydrogen-bond donors (Lipinski definition) is 1. The van der Waals surface area contributed by atoms with Crippen molar-refractivity contribution in [1.82, 2.24) is 0 Å². The molecule has 5 nitrogen and oxygen atoms in total. The van der Waals surface area contributed by atoms with E-state index in [1.807, 2.05) is 57.2 Å². The fourth-order valence-electron chi connectivity index (χ4n) is 3.54. The molecule has 3 rings (SSSR count). The van der Waals surface area contributed by atoms with Crippen molar-refractivity contribution in [2.24, 2.45) is 0 Å². The molecule has 0 aliphatic rings. The number of ether oxygens (including phenoxy) is 2. The summed E-state index contributed by atoms with van der Waals surface area (Å²) in [7, 11) is 1.53. The van der Waals surface area contributed by atoms with Gasteiger partial charge in [0.05, 0.1) is 7.11 Å². The largest absolute Gasteiger partial charge is 0.493 e. The third-order valence-electron chi connectivity index (χ3n) is 5.12. The molecule has 0 aliphatic carbocycles. The highest BCUT2D eigenvalue weighted by atomic mass is 35.5. The number of methoxy groups -OCH3 is 1. The number of amides is 1. The summed E-state index contributed by atoms with van der Waals surface area (Å²) in [6.07, 6.45) is 1.52. The Morgan fingerprint density at radius 1 is 1.06 bits per heavy atom. The second-order valence-electron chi connectivity index (χ2n) is 7.69. The first-order valence-corrected chi connectivity index (χ1v) is 10.8. The zero-order chi connectivity index (χ0) is 24.0. The van der Waals surface area contributed by atoms with Gasteiger partial charge >= 0.3 is 0 Å². The molecular weight excluding hydrogens is 436 g/mol. The number of carbonyl (C=O) groups excluding carboxylic acids is 1. The Kier molecular flexibility index (Phi) is 7.76. The van der Waals surface area contributed by atoms with Gasteiger partial charge in [0.2, 0.25) is 0 Å². The molecule has 0 radical (unpaired) electrons. The van der Waals surface area contributed by atoms with Gasteiger partial charge in [0.25, 0.3) is 5.91 Å². The molecule has 1 N–H and O–H groups in total. The molecule has 0 aliphatic heterocycles. The molecule has 6 heteroatoms. The van der Waals surface area contributed by atoms with Crippen LogP contribution in [0.15, 0.2) is 60.2 Å². The average Bonchev–Trinajstić information content (AvgIpc) is 2.79. The van der Waals surface area contributed by atoms with E-state index in [0.29, 0.717) is 27.8 Å². The normalized spacial score (nSPS) is 11.0. The van der Waals surface area contributed by atoms with E-state index in [4.69, 9.17) is 21.1 Å². The van der Waals surface area contributed by atoms with Gasteiger partial charge < -0.3 is 14.8 Å². The van der Waals surface area contributed by atoms with Gasteiger partial charge in [-0.1, -0.05) is 53.6 Å². The number of benzene rings is 3. The summed E-state index contributed by atoms with van der Waals surface area (Å²) in [5.74, 6) is 0.549. The maximum Gasteiger partial charge on any atom is 0.266 e. The zero-order valence-electron chi connectivity index (χ0n) is 19.0. The van der Waals surface area contributed by atoms with Crippen LogP contribution in [0.2, 0.25) is 5.02 Å². The van der Waals surface area contributed by atoms with Crippen LogP contribution in [0.4, 0.5) is 5.69 Å². The molecule has 168 valence electrons. The van der Waals surface area contributed by atoms with Crippen molar-refractivity contribution in [3.8, 4) is 17.6 Å². The van der Waals surface area contributed by atoms with Crippen molar-refractivity contribution in [2.45, 2.75) is 27.4 Å². The van der Waals surface area contributed by atoms with Crippen molar-refractivity contribution in [2.75, 3.05) is 12.4 Å². The molecule has 0 atom stereocenters. The number of aryl methyl sites for hydroxylation is 3. The Morgan fingerprint density at radius 3 is 2.39 bits per heavy atom. The molecule has 0 unspecified atom stereocenters. The van der Waals surface area contributed by atoms with Crippen LogP contribution in [0.5, 0.6) is 11.5 Å². The number of nitrogens with one attached hydrogen (secondary N) is 1. The summed E-state index contributed by atoms with van der Waals surface area (Å²) in [4.78, 5) is 12.8. The predicted octanol–water partition coefficient (Wildman–Crippen LogP) is 6.40. The van der Waals surface area contributed by atoms with Gasteiger partial charge in [-0.3, -0.25) is 4.79 Å². The van der Waals surface area contributed by atoms with Crippen LogP contribution in [0.25, 0.3) is 6.08 Å². The highest BCUT2D eigenvalue weighted by Gasteiger charge is 2.14. The van der Waals surface area contributed by atoms with Crippen LogP contribution in [0.1, 0.15) is 27.8 Å². The molecule has 0 spiro atoms. The van der Waals surface area contributed by atoms with Crippen molar-refractivity contribution in [1.29, 1.82) is 5.26 Å². The van der Waals surface area contributed by atoms with Gasteiger partial charge in [0.15, 0.2) is 11.5 Å². The predicted molar refractivity (Wildman–Crippen MR) is 132 cm³/mol. The second-order valence-corrected chi connectivity index (χ2v) is 8.10. The lowest BCUT2D eigenvalue weighted by Gasteiger charge is -2.13. The Bertz CT molecular complexity index is 1240. The smallest absolute Gasteiger partial charge is 0.266 e. The molecule has 1 amide bonds. The van der Waals surface area contributed by atoms with Gasteiger partial charge in [-0.05, 0) is 61.7 Å². The molecule has 0 fully saturated rings. The number of anilines is 1. The molecule has 0 heterocycles. The van der Waals surface area contributed by atoms with Crippen molar-refractivity contribution in [3.63, 3.8) is 0 Å². The quantitative estimate of drug-likeness (QED) is 0.327. The monoisotopic (exact) mass is 460 g/mol. The van der Waals surface area contributed by atoms with Gasteiger partial charge in [-0.2, -0.15) is 5.26 Å². The van der Waals surface area contributed by atoms with E-state index >= 15 is 0 Å². The summed E-state index contributed by atoms with van der Waals surface area (Å²) in [6, 6.07) is 18.6. The number of nitriles is 1. The molecule has 0 aromatic heterocycles. The van der Waals surface area contributed by atoms with E-state index in [2.05, 4.69) is 5.32 Å². The number of halogens is 1. The standard InChI is InChI=1S/C27H25ClN2O3/c1-17-11-18(2)26(19(3)12-17)30-27(31)22(15-29)13-20-9-10-24(25(14-20)32-4)33-16-21-7-5-6-8-23(21)28/h5-14H,16H2,1-4H3,(H,30,31)/b22-13-. The van der Waals surface area contributed by atoms with Gasteiger partial charge in [0, 0.05) is 16.3 Å². The fraction of sp³-hybridized carbons (Fsp3) is 0.185. The minimum atomic E-state index is -0.467. The average molecular weight is 461 g/mol. The van der Waals surface area contributed by atoms with Gasteiger partial charge in [0.1, 0.15) is 18.2 Å². The molecule has 3 aromatic rings. The molecular formula is C27H25ClN2O3. The maximum absolute atomic E-state index is 12.8. The lowest BCUT2D eigenvalue weighted by Crippen LogP contribution is -2.15. The third kappa shape index (κ3) is 5.94. The maximum atomic E-state index is 12.8. The third-order valence-corrected chi connectivity index (χ3v) is 5.49. The summed E-state index contributed by atoms with van der Waals surface area (Å²) >= 11 is 6.19. The van der Waals surface area contributed by atoms with Crippen LogP contribution in [0, 0.1) is 32.1 Å². The van der Waals surface area contributed by atoms with E-state index in [1.54, 1.807) is 24.3 Å². The van der Waals surface area contributed by atoms with Crippen molar-refractivity contribution >= 4 is 29.3 Å². The van der Waals surface area contributed by atoms with E-state index in [9.17, 15) is 10.1 Å². The molecule has 3 aromatic carbocycles. The summed E-state index contributed by atoms with van der Waals surface area (Å²) in [5, 5.41) is 13.1. The second kappa shape index (κ2) is 10.7. The Balaban J connectivity index is 1.80. The van der Waals surface area contributed by atoms with E-state index < -0.39 is 5.91 Å². The molecule has 0 saturated heterocycles. The SMILES string of the molecule is COc1cc(/C=C(/C#N)C(=O)Nc2c(C)cc(C)cc2C)ccc1OCc1ccccc1Cl. The number of rotatable bonds is 7. The summed E-state index contributed by atoms with van der Waals surface area (Å²) in [6.45, 7) is 6.14. The topological polar surface area (TPSA) is 71.3 Å². The molecule has 0 bridgehead atoms. The van der Waals surface area contributed by atoms with Crippen LogP contribution >= 0.6 is 11.6 Å². The fourth-order valence-corrected chi connectivity index (χ4v) is 3.73. The number of hydrogen-bond acceptors (Lipinski definition) is 4. The Morgan fingerprint density at radius 2 is 1.76 bits per heavy atom. The van der Waals surface area contributed by atoms with Gasteiger partial charge in [-0.15, -0.1) is 0 Å².